The summed E-state index contributed by atoms with van der Waals surface area (Å²) < 4.78 is 0. The van der Waals surface area contributed by atoms with Gasteiger partial charge in [-0.25, -0.2) is 5.11 Å². The zero-order chi connectivity index (χ0) is 5.21. The molecule has 0 unspecified atom stereocenters. The van der Waals surface area contributed by atoms with Crippen molar-refractivity contribution < 1.29 is 5.11 Å². The Balaban J connectivity index is 0. The summed E-state index contributed by atoms with van der Waals surface area (Å²) in [5.41, 5.74) is -0.0139. The topological polar surface area (TPSA) is 19.9 Å². The van der Waals surface area contributed by atoms with E-state index in [1.165, 1.54) is 0 Å². The third kappa shape index (κ3) is 10.8. The summed E-state index contributed by atoms with van der Waals surface area (Å²) in [4.78, 5) is 0. The maximum atomic E-state index is 9.95. The third-order valence-corrected chi connectivity index (χ3v) is 0.433. The van der Waals surface area contributed by atoms with Gasteiger partial charge in [0.25, 0.3) is 0 Å². The van der Waals surface area contributed by atoms with Crippen LogP contribution in [0.5, 0.6) is 0 Å². The van der Waals surface area contributed by atoms with Crippen LogP contribution in [0.4, 0.5) is 0 Å². The molecule has 0 saturated heterocycles. The van der Waals surface area contributed by atoms with Crippen molar-refractivity contribution in [3.8, 4) is 0 Å². The molecule has 2 heteroatoms. The first-order valence-corrected chi connectivity index (χ1v) is 2.14. The van der Waals surface area contributed by atoms with E-state index in [-0.39, 0.29) is 30.9 Å². The number of rotatable bonds is 0. The fraction of sp³-hybridized carbons (Fsp3) is 1.00. The normalized spacial score (nSPS) is 10.3. The molecular formula is C5H12LiO. The molecule has 0 rings (SSSR count). The molecule has 0 aliphatic carbocycles. The Morgan fingerprint density at radius 3 is 1.43 bits per heavy atom. The fourth-order valence-corrected chi connectivity index (χ4v) is 0. The van der Waals surface area contributed by atoms with Crippen LogP contribution in [0.2, 0.25) is 0 Å². The molecule has 1 nitrogen and oxygen atoms in total. The molecule has 0 N–H and O–H groups in total. The third-order valence-electron chi connectivity index (χ3n) is 0.433. The Morgan fingerprint density at radius 2 is 1.43 bits per heavy atom. The molecule has 0 aliphatic rings. The van der Waals surface area contributed by atoms with Crippen LogP contribution in [0.1, 0.15) is 20.8 Å². The van der Waals surface area contributed by atoms with E-state index >= 15 is 0 Å². The number of hydrogen-bond acceptors (Lipinski definition) is 0. The van der Waals surface area contributed by atoms with Crippen LogP contribution in [0.15, 0.2) is 0 Å². The molecule has 0 atom stereocenters. The van der Waals surface area contributed by atoms with E-state index < -0.39 is 0 Å². The van der Waals surface area contributed by atoms with Crippen LogP contribution in [-0.4, -0.2) is 25.5 Å². The van der Waals surface area contributed by atoms with E-state index in [1.807, 2.05) is 20.8 Å². The summed E-state index contributed by atoms with van der Waals surface area (Å²) >= 11 is 0. The van der Waals surface area contributed by atoms with Gasteiger partial charge in [-0.05, 0) is 5.41 Å². The molecule has 0 aliphatic heterocycles. The van der Waals surface area contributed by atoms with Crippen LogP contribution in [0, 0.1) is 5.41 Å². The average molecular weight is 95.1 g/mol. The van der Waals surface area contributed by atoms with Crippen molar-refractivity contribution in [2.45, 2.75) is 20.8 Å². The van der Waals surface area contributed by atoms with Gasteiger partial charge in [-0.1, -0.05) is 20.8 Å². The predicted molar refractivity (Wildman–Crippen MR) is 32.2 cm³/mol. The second-order valence-corrected chi connectivity index (χ2v) is 2.70. The minimum atomic E-state index is -0.0139. The molecule has 39 valence electrons. The van der Waals surface area contributed by atoms with E-state index in [0.29, 0.717) is 0 Å². The van der Waals surface area contributed by atoms with E-state index in [2.05, 4.69) is 0 Å². The zero-order valence-electron chi connectivity index (χ0n) is 4.62. The van der Waals surface area contributed by atoms with Crippen molar-refractivity contribution in [1.29, 1.82) is 0 Å². The van der Waals surface area contributed by atoms with Gasteiger partial charge in [0.1, 0.15) is 0 Å². The SMILES string of the molecule is CC(C)(C)C[O].[LiH]. The van der Waals surface area contributed by atoms with Gasteiger partial charge in [0.15, 0.2) is 0 Å². The second-order valence-electron chi connectivity index (χ2n) is 2.70. The first-order chi connectivity index (χ1) is 2.56. The Labute approximate surface area is 57.3 Å². The molecule has 0 aromatic carbocycles. The van der Waals surface area contributed by atoms with Crippen molar-refractivity contribution in [3.05, 3.63) is 0 Å². The molecule has 0 fully saturated rings. The van der Waals surface area contributed by atoms with E-state index in [1.54, 1.807) is 0 Å². The summed E-state index contributed by atoms with van der Waals surface area (Å²) in [6.07, 6.45) is 0. The van der Waals surface area contributed by atoms with Crippen molar-refractivity contribution in [3.63, 3.8) is 0 Å². The van der Waals surface area contributed by atoms with Gasteiger partial charge in [-0.3, -0.25) is 0 Å². The monoisotopic (exact) mass is 95.1 g/mol. The van der Waals surface area contributed by atoms with Gasteiger partial charge in [0, 0.05) is 0 Å². The summed E-state index contributed by atoms with van der Waals surface area (Å²) in [6.45, 7) is 5.81. The molecule has 0 spiro atoms. The first kappa shape index (κ1) is 10.5. The molecular weight excluding hydrogens is 83.0 g/mol. The predicted octanol–water partition coefficient (Wildman–Crippen LogP) is 0.815. The van der Waals surface area contributed by atoms with E-state index in [9.17, 15) is 5.11 Å². The maximum absolute atomic E-state index is 9.95. The van der Waals surface area contributed by atoms with Crippen LogP contribution in [-0.2, 0) is 5.11 Å². The molecule has 0 amide bonds. The molecule has 0 bridgehead atoms. The van der Waals surface area contributed by atoms with Gasteiger partial charge in [0.05, 0.1) is 6.61 Å². The van der Waals surface area contributed by atoms with Crippen molar-refractivity contribution >= 4 is 18.9 Å². The van der Waals surface area contributed by atoms with Crippen molar-refractivity contribution in [2.24, 2.45) is 5.41 Å². The van der Waals surface area contributed by atoms with Gasteiger partial charge >= 0.3 is 18.9 Å². The second kappa shape index (κ2) is 3.55. The van der Waals surface area contributed by atoms with Gasteiger partial charge in [0.2, 0.25) is 0 Å². The Kier molecular flexibility index (Phi) is 5.33. The summed E-state index contributed by atoms with van der Waals surface area (Å²) in [5, 5.41) is 9.95. The molecule has 0 heterocycles. The zero-order valence-corrected chi connectivity index (χ0v) is 4.62. The van der Waals surface area contributed by atoms with Gasteiger partial charge in [-0.15, -0.1) is 0 Å². The fourth-order valence-electron chi connectivity index (χ4n) is 0. The number of hydrogen-bond donors (Lipinski definition) is 0. The van der Waals surface area contributed by atoms with E-state index in [4.69, 9.17) is 0 Å². The molecule has 0 saturated carbocycles. The Hall–Kier alpha value is 0.557. The average Bonchev–Trinajstić information content (AvgIpc) is 1.35. The van der Waals surface area contributed by atoms with Gasteiger partial charge in [-0.2, -0.15) is 0 Å². The van der Waals surface area contributed by atoms with Crippen LogP contribution >= 0.6 is 0 Å². The van der Waals surface area contributed by atoms with Crippen molar-refractivity contribution in [1.82, 2.24) is 0 Å². The summed E-state index contributed by atoms with van der Waals surface area (Å²) in [7, 11) is 0. The minimum absolute atomic E-state index is 0. The Bertz CT molecular complexity index is 37.8. The van der Waals surface area contributed by atoms with E-state index in [0.717, 1.165) is 0 Å². The molecule has 0 aromatic rings. The summed E-state index contributed by atoms with van der Waals surface area (Å²) in [6, 6.07) is 0. The van der Waals surface area contributed by atoms with Gasteiger partial charge < -0.3 is 0 Å². The molecule has 7 heavy (non-hydrogen) atoms. The first-order valence-electron chi connectivity index (χ1n) is 2.14. The summed E-state index contributed by atoms with van der Waals surface area (Å²) in [5.74, 6) is 0. The Morgan fingerprint density at radius 1 is 1.29 bits per heavy atom. The quantitative estimate of drug-likeness (QED) is 0.397. The van der Waals surface area contributed by atoms with Crippen LogP contribution in [0.25, 0.3) is 0 Å². The van der Waals surface area contributed by atoms with Crippen molar-refractivity contribution in [2.75, 3.05) is 6.61 Å². The standard InChI is InChI=1S/C5H11O.Li.H/c1-5(2,3)4-6;;/h4H2,1-3H3;;. The van der Waals surface area contributed by atoms with Crippen LogP contribution in [0.3, 0.4) is 0 Å². The molecule has 1 radical (unpaired) electrons. The van der Waals surface area contributed by atoms with Crippen LogP contribution < -0.4 is 0 Å². The molecule has 0 aromatic heterocycles.